The zero-order chi connectivity index (χ0) is 13.3. The van der Waals surface area contributed by atoms with Crippen molar-refractivity contribution < 1.29 is 0 Å². The van der Waals surface area contributed by atoms with Gasteiger partial charge in [0.05, 0.1) is 14.9 Å². The monoisotopic (exact) mass is 406 g/mol. The number of rotatable bonds is 2. The summed E-state index contributed by atoms with van der Waals surface area (Å²) >= 11 is 19.2. The van der Waals surface area contributed by atoms with Gasteiger partial charge in [-0.3, -0.25) is 0 Å². The molecule has 0 nitrogen and oxygen atoms in total. The van der Waals surface area contributed by atoms with E-state index < -0.39 is 0 Å². The van der Waals surface area contributed by atoms with Gasteiger partial charge in [-0.1, -0.05) is 67.2 Å². The van der Waals surface area contributed by atoms with Crippen LogP contribution in [0.3, 0.4) is 0 Å². The first-order valence-electron chi connectivity index (χ1n) is 5.34. The van der Waals surface area contributed by atoms with E-state index in [-0.39, 0.29) is 4.83 Å². The van der Waals surface area contributed by atoms with Gasteiger partial charge in [0.15, 0.2) is 0 Å². The minimum atomic E-state index is 0.111. The second-order valence-corrected chi connectivity index (χ2v) is 6.68. The number of aryl methyl sites for hydroxylation is 1. The maximum absolute atomic E-state index is 6.05. The lowest BCUT2D eigenvalue weighted by Crippen LogP contribution is -1.96. The lowest BCUT2D eigenvalue weighted by atomic mass is 10.0. The third-order valence-electron chi connectivity index (χ3n) is 2.74. The molecule has 0 radical (unpaired) electrons. The van der Waals surface area contributed by atoms with Crippen molar-refractivity contribution in [2.75, 3.05) is 0 Å². The molecule has 18 heavy (non-hydrogen) atoms. The molecule has 0 aromatic heterocycles. The van der Waals surface area contributed by atoms with Crippen molar-refractivity contribution in [3.05, 3.63) is 67.6 Å². The number of hydrogen-bond donors (Lipinski definition) is 0. The third-order valence-corrected chi connectivity index (χ3v) is 5.00. The molecular weight excluding hydrogens is 399 g/mol. The summed E-state index contributed by atoms with van der Waals surface area (Å²) in [5, 5.41) is 1.15. The Morgan fingerprint density at radius 1 is 1.00 bits per heavy atom. The van der Waals surface area contributed by atoms with Crippen LogP contribution in [0, 0.1) is 6.92 Å². The first-order valence-corrected chi connectivity index (χ1v) is 7.80. The van der Waals surface area contributed by atoms with Gasteiger partial charge in [0, 0.05) is 4.47 Å². The minimum absolute atomic E-state index is 0.111. The molecule has 0 spiro atoms. The van der Waals surface area contributed by atoms with Crippen LogP contribution >= 0.6 is 55.1 Å². The fourth-order valence-electron chi connectivity index (χ4n) is 1.77. The minimum Gasteiger partial charge on any atom is -0.0827 e. The van der Waals surface area contributed by atoms with E-state index in [0.717, 1.165) is 10.0 Å². The lowest BCUT2D eigenvalue weighted by Gasteiger charge is -2.14. The maximum Gasteiger partial charge on any atom is 0.0647 e. The van der Waals surface area contributed by atoms with Crippen molar-refractivity contribution in [2.24, 2.45) is 0 Å². The zero-order valence-corrected chi connectivity index (χ0v) is 14.2. The van der Waals surface area contributed by atoms with Gasteiger partial charge in [-0.2, -0.15) is 0 Å². The highest BCUT2D eigenvalue weighted by molar-refractivity contribution is 9.10. The highest BCUT2D eigenvalue weighted by atomic mass is 79.9. The summed E-state index contributed by atoms with van der Waals surface area (Å²) in [5.74, 6) is 0. The van der Waals surface area contributed by atoms with Crippen LogP contribution in [0.25, 0.3) is 0 Å². The molecule has 1 atom stereocenters. The standard InChI is InChI=1S/C14H10Br2Cl2/c1-8-6-10(15)3-4-11(8)14(16)9-2-5-12(17)13(18)7-9/h2-7,14H,1H3. The van der Waals surface area contributed by atoms with E-state index in [1.165, 1.54) is 11.1 Å². The SMILES string of the molecule is Cc1cc(Br)ccc1C(Br)c1ccc(Cl)c(Cl)c1. The molecule has 0 heterocycles. The quantitative estimate of drug-likeness (QED) is 0.494. The van der Waals surface area contributed by atoms with Gasteiger partial charge in [0.25, 0.3) is 0 Å². The fourth-order valence-corrected chi connectivity index (χ4v) is 3.35. The summed E-state index contributed by atoms with van der Waals surface area (Å²) in [7, 11) is 0. The number of halogens is 4. The van der Waals surface area contributed by atoms with Crippen LogP contribution in [0.4, 0.5) is 0 Å². The Hall–Kier alpha value is -0.0200. The first-order chi connectivity index (χ1) is 8.49. The predicted molar refractivity (Wildman–Crippen MR) is 86.1 cm³/mol. The predicted octanol–water partition coefficient (Wildman–Crippen LogP) is 6.55. The molecule has 0 bridgehead atoms. The Morgan fingerprint density at radius 2 is 1.72 bits per heavy atom. The Bertz CT molecular complexity index is 582. The van der Waals surface area contributed by atoms with Gasteiger partial charge in [0.2, 0.25) is 0 Å². The molecule has 0 aliphatic carbocycles. The molecule has 0 saturated carbocycles. The highest BCUT2D eigenvalue weighted by Crippen LogP contribution is 2.36. The summed E-state index contributed by atoms with van der Waals surface area (Å²) in [4.78, 5) is 0.111. The average Bonchev–Trinajstić information content (AvgIpc) is 2.32. The van der Waals surface area contributed by atoms with Crippen LogP contribution in [-0.4, -0.2) is 0 Å². The van der Waals surface area contributed by atoms with E-state index in [1.54, 1.807) is 0 Å². The first kappa shape index (κ1) is 14.4. The van der Waals surface area contributed by atoms with Crippen molar-refractivity contribution in [1.82, 2.24) is 0 Å². The number of benzene rings is 2. The molecule has 0 amide bonds. The molecule has 0 aliphatic heterocycles. The summed E-state index contributed by atoms with van der Waals surface area (Å²) in [6.45, 7) is 2.09. The summed E-state index contributed by atoms with van der Waals surface area (Å²) in [5.41, 5.74) is 3.53. The molecule has 2 aromatic rings. The molecule has 4 heteroatoms. The Labute approximate surface area is 134 Å². The summed E-state index contributed by atoms with van der Waals surface area (Å²) in [6, 6.07) is 11.9. The summed E-state index contributed by atoms with van der Waals surface area (Å²) < 4.78 is 1.08. The maximum atomic E-state index is 6.05. The molecule has 1 unspecified atom stereocenters. The summed E-state index contributed by atoms with van der Waals surface area (Å²) in [6.07, 6.45) is 0. The fraction of sp³-hybridized carbons (Fsp3) is 0.143. The van der Waals surface area contributed by atoms with E-state index in [2.05, 4.69) is 50.9 Å². The largest absolute Gasteiger partial charge is 0.0827 e. The van der Waals surface area contributed by atoms with Crippen molar-refractivity contribution in [2.45, 2.75) is 11.8 Å². The van der Waals surface area contributed by atoms with Crippen LogP contribution in [0.1, 0.15) is 21.5 Å². The third kappa shape index (κ3) is 3.11. The van der Waals surface area contributed by atoms with Gasteiger partial charge < -0.3 is 0 Å². The van der Waals surface area contributed by atoms with Crippen molar-refractivity contribution in [1.29, 1.82) is 0 Å². The molecule has 0 aliphatic rings. The highest BCUT2D eigenvalue weighted by Gasteiger charge is 2.14. The Kier molecular flexibility index (Phi) is 4.76. The molecule has 0 N–H and O–H groups in total. The number of hydrogen-bond acceptors (Lipinski definition) is 0. The number of alkyl halides is 1. The van der Waals surface area contributed by atoms with Crippen LogP contribution < -0.4 is 0 Å². The van der Waals surface area contributed by atoms with E-state index in [4.69, 9.17) is 23.2 Å². The van der Waals surface area contributed by atoms with Crippen LogP contribution in [0.5, 0.6) is 0 Å². The van der Waals surface area contributed by atoms with E-state index in [1.807, 2.05) is 24.3 Å². The lowest BCUT2D eigenvalue weighted by molar-refractivity contribution is 1.14. The van der Waals surface area contributed by atoms with Gasteiger partial charge >= 0.3 is 0 Å². The van der Waals surface area contributed by atoms with Crippen molar-refractivity contribution in [3.63, 3.8) is 0 Å². The van der Waals surface area contributed by atoms with Gasteiger partial charge in [-0.15, -0.1) is 0 Å². The van der Waals surface area contributed by atoms with Gasteiger partial charge in [-0.25, -0.2) is 0 Å². The topological polar surface area (TPSA) is 0 Å². The smallest absolute Gasteiger partial charge is 0.0647 e. The Morgan fingerprint density at radius 3 is 2.33 bits per heavy atom. The normalized spacial score (nSPS) is 12.5. The van der Waals surface area contributed by atoms with Crippen molar-refractivity contribution in [3.8, 4) is 0 Å². The average molecular weight is 409 g/mol. The van der Waals surface area contributed by atoms with E-state index in [0.29, 0.717) is 10.0 Å². The molecule has 2 aromatic carbocycles. The van der Waals surface area contributed by atoms with E-state index >= 15 is 0 Å². The second kappa shape index (κ2) is 5.96. The zero-order valence-electron chi connectivity index (χ0n) is 9.55. The molecule has 94 valence electrons. The van der Waals surface area contributed by atoms with E-state index in [9.17, 15) is 0 Å². The van der Waals surface area contributed by atoms with Gasteiger partial charge in [0.1, 0.15) is 0 Å². The molecule has 2 rings (SSSR count). The van der Waals surface area contributed by atoms with Gasteiger partial charge in [-0.05, 0) is 47.9 Å². The molecule has 0 fully saturated rings. The molecule has 0 saturated heterocycles. The Balaban J connectivity index is 2.41. The van der Waals surface area contributed by atoms with Crippen LogP contribution in [0.2, 0.25) is 10.0 Å². The second-order valence-electron chi connectivity index (χ2n) is 4.04. The van der Waals surface area contributed by atoms with Crippen molar-refractivity contribution >= 4 is 55.1 Å². The van der Waals surface area contributed by atoms with Crippen LogP contribution in [-0.2, 0) is 0 Å². The molecular formula is C14H10Br2Cl2. The van der Waals surface area contributed by atoms with Crippen LogP contribution in [0.15, 0.2) is 40.9 Å².